The second kappa shape index (κ2) is 8.24. The highest BCUT2D eigenvalue weighted by atomic mass is 32.2. The Balaban J connectivity index is 2.45. The van der Waals surface area contributed by atoms with Crippen LogP contribution in [0.25, 0.3) is 0 Å². The van der Waals surface area contributed by atoms with E-state index in [0.717, 1.165) is 13.1 Å². The molecule has 0 atom stereocenters. The first kappa shape index (κ1) is 19.3. The lowest BCUT2D eigenvalue weighted by molar-refractivity contribution is -0.122. The largest absolute Gasteiger partial charge is 0.379 e. The van der Waals surface area contributed by atoms with Gasteiger partial charge in [-0.3, -0.25) is 9.69 Å². The van der Waals surface area contributed by atoms with Crippen LogP contribution in [0.1, 0.15) is 27.2 Å². The number of amides is 1. The maximum absolute atomic E-state index is 11.9. The van der Waals surface area contributed by atoms with Gasteiger partial charge in [0.15, 0.2) is 0 Å². The van der Waals surface area contributed by atoms with Crippen molar-refractivity contribution < 1.29 is 17.9 Å². The van der Waals surface area contributed by atoms with E-state index in [4.69, 9.17) is 4.74 Å². The molecule has 1 saturated heterocycles. The maximum atomic E-state index is 11.9. The van der Waals surface area contributed by atoms with Crippen LogP contribution in [0.5, 0.6) is 0 Å². The molecule has 0 saturated carbocycles. The van der Waals surface area contributed by atoms with Crippen molar-refractivity contribution >= 4 is 15.9 Å². The van der Waals surface area contributed by atoms with Gasteiger partial charge in [0.2, 0.25) is 15.9 Å². The maximum Gasteiger partial charge on any atom is 0.221 e. The number of carbonyl (C=O) groups excluding carboxylic acids is 1. The smallest absolute Gasteiger partial charge is 0.221 e. The summed E-state index contributed by atoms with van der Waals surface area (Å²) in [4.78, 5) is 14.0. The molecular weight excluding hydrogens is 306 g/mol. The Morgan fingerprint density at radius 3 is 2.32 bits per heavy atom. The van der Waals surface area contributed by atoms with Crippen LogP contribution in [-0.4, -0.2) is 81.3 Å². The summed E-state index contributed by atoms with van der Waals surface area (Å²) in [5.41, 5.74) is -0.305. The highest BCUT2D eigenvalue weighted by molar-refractivity contribution is 7.88. The normalized spacial score (nSPS) is 17.7. The van der Waals surface area contributed by atoms with E-state index < -0.39 is 10.0 Å². The molecule has 130 valence electrons. The molecule has 1 rings (SSSR count). The zero-order valence-electron chi connectivity index (χ0n) is 14.1. The first-order valence-electron chi connectivity index (χ1n) is 7.64. The van der Waals surface area contributed by atoms with E-state index in [-0.39, 0.29) is 24.4 Å². The SMILES string of the molecule is CC(C)(C)NC(=O)CCN(CCN1CCOCC1)S(C)(=O)=O. The molecule has 0 radical (unpaired) electrons. The standard InChI is InChI=1S/C14H29N3O4S/c1-14(2,3)15-13(18)5-6-17(22(4,19)20)8-7-16-9-11-21-12-10-16/h5-12H2,1-4H3,(H,15,18). The highest BCUT2D eigenvalue weighted by Crippen LogP contribution is 2.04. The lowest BCUT2D eigenvalue weighted by Crippen LogP contribution is -2.45. The molecule has 0 bridgehead atoms. The Morgan fingerprint density at radius 1 is 1.23 bits per heavy atom. The number of rotatable bonds is 7. The fraction of sp³-hybridized carbons (Fsp3) is 0.929. The van der Waals surface area contributed by atoms with Crippen molar-refractivity contribution in [1.82, 2.24) is 14.5 Å². The van der Waals surface area contributed by atoms with Gasteiger partial charge in [0.25, 0.3) is 0 Å². The van der Waals surface area contributed by atoms with Crippen molar-refractivity contribution in [2.24, 2.45) is 0 Å². The zero-order chi connectivity index (χ0) is 16.8. The van der Waals surface area contributed by atoms with Gasteiger partial charge < -0.3 is 10.1 Å². The minimum absolute atomic E-state index is 0.132. The van der Waals surface area contributed by atoms with Gasteiger partial charge in [-0.25, -0.2) is 12.7 Å². The lowest BCUT2D eigenvalue weighted by Gasteiger charge is -2.29. The number of morpholine rings is 1. The predicted molar refractivity (Wildman–Crippen MR) is 86.2 cm³/mol. The van der Waals surface area contributed by atoms with E-state index in [2.05, 4.69) is 10.2 Å². The van der Waals surface area contributed by atoms with Gasteiger partial charge in [-0.2, -0.15) is 0 Å². The van der Waals surface area contributed by atoms with Crippen LogP contribution < -0.4 is 5.32 Å². The van der Waals surface area contributed by atoms with Crippen molar-refractivity contribution in [1.29, 1.82) is 0 Å². The lowest BCUT2D eigenvalue weighted by atomic mass is 10.1. The second-order valence-corrected chi connectivity index (χ2v) is 8.65. The summed E-state index contributed by atoms with van der Waals surface area (Å²) in [6, 6.07) is 0. The summed E-state index contributed by atoms with van der Waals surface area (Å²) in [5, 5.41) is 2.84. The number of nitrogens with one attached hydrogen (secondary N) is 1. The molecule has 8 heteroatoms. The Morgan fingerprint density at radius 2 is 1.82 bits per heavy atom. The number of hydrogen-bond acceptors (Lipinski definition) is 5. The zero-order valence-corrected chi connectivity index (χ0v) is 14.9. The van der Waals surface area contributed by atoms with E-state index in [1.807, 2.05) is 20.8 Å². The van der Waals surface area contributed by atoms with Gasteiger partial charge in [0, 0.05) is 44.7 Å². The summed E-state index contributed by atoms with van der Waals surface area (Å²) < 4.78 is 30.4. The summed E-state index contributed by atoms with van der Waals surface area (Å²) >= 11 is 0. The molecule has 7 nitrogen and oxygen atoms in total. The van der Waals surface area contributed by atoms with Gasteiger partial charge in [-0.05, 0) is 20.8 Å². The number of nitrogens with zero attached hydrogens (tertiary/aromatic N) is 2. The van der Waals surface area contributed by atoms with Crippen molar-refractivity contribution in [2.45, 2.75) is 32.7 Å². The monoisotopic (exact) mass is 335 g/mol. The predicted octanol–water partition coefficient (Wildman–Crippen LogP) is -0.115. The average Bonchev–Trinajstić information content (AvgIpc) is 2.36. The topological polar surface area (TPSA) is 79.0 Å². The third-order valence-electron chi connectivity index (χ3n) is 3.34. The third kappa shape index (κ3) is 8.07. The number of carbonyl (C=O) groups is 1. The summed E-state index contributed by atoms with van der Waals surface area (Å²) in [6.45, 7) is 10.0. The molecule has 1 heterocycles. The van der Waals surface area contributed by atoms with Crippen molar-refractivity contribution in [3.8, 4) is 0 Å². The van der Waals surface area contributed by atoms with Crippen molar-refractivity contribution in [3.05, 3.63) is 0 Å². The van der Waals surface area contributed by atoms with Crippen LogP contribution in [0.4, 0.5) is 0 Å². The molecule has 0 aromatic rings. The van der Waals surface area contributed by atoms with E-state index in [0.29, 0.717) is 26.3 Å². The average molecular weight is 335 g/mol. The second-order valence-electron chi connectivity index (χ2n) is 6.66. The summed E-state index contributed by atoms with van der Waals surface area (Å²) in [6.07, 6.45) is 1.36. The Labute approximate surface area is 134 Å². The number of ether oxygens (including phenoxy) is 1. The molecule has 0 aromatic heterocycles. The summed E-state index contributed by atoms with van der Waals surface area (Å²) in [7, 11) is -3.31. The number of sulfonamides is 1. The molecule has 1 fully saturated rings. The number of hydrogen-bond donors (Lipinski definition) is 1. The van der Waals surface area contributed by atoms with Crippen LogP contribution in [0.3, 0.4) is 0 Å². The van der Waals surface area contributed by atoms with Crippen LogP contribution in [0, 0.1) is 0 Å². The molecule has 0 unspecified atom stereocenters. The molecule has 0 spiro atoms. The van der Waals surface area contributed by atoms with Crippen LogP contribution >= 0.6 is 0 Å². The fourth-order valence-corrected chi connectivity index (χ4v) is 3.06. The van der Waals surface area contributed by atoms with E-state index in [1.54, 1.807) is 0 Å². The quantitative estimate of drug-likeness (QED) is 0.702. The first-order chi connectivity index (χ1) is 10.1. The minimum atomic E-state index is -3.31. The Kier molecular flexibility index (Phi) is 7.24. The molecule has 1 aliphatic rings. The van der Waals surface area contributed by atoms with Gasteiger partial charge in [0.05, 0.1) is 19.5 Å². The molecule has 1 N–H and O–H groups in total. The highest BCUT2D eigenvalue weighted by Gasteiger charge is 2.21. The minimum Gasteiger partial charge on any atom is -0.379 e. The van der Waals surface area contributed by atoms with Crippen LogP contribution in [0.15, 0.2) is 0 Å². The molecule has 1 aliphatic heterocycles. The van der Waals surface area contributed by atoms with Gasteiger partial charge in [-0.15, -0.1) is 0 Å². The molecular formula is C14H29N3O4S. The van der Waals surface area contributed by atoms with Gasteiger partial charge in [-0.1, -0.05) is 0 Å². The van der Waals surface area contributed by atoms with Crippen LogP contribution in [0.2, 0.25) is 0 Å². The molecule has 22 heavy (non-hydrogen) atoms. The van der Waals surface area contributed by atoms with E-state index in [9.17, 15) is 13.2 Å². The van der Waals surface area contributed by atoms with Crippen molar-refractivity contribution in [2.75, 3.05) is 52.2 Å². The van der Waals surface area contributed by atoms with Crippen LogP contribution in [-0.2, 0) is 19.6 Å². The molecule has 1 amide bonds. The Bertz CT molecular complexity index is 453. The fourth-order valence-electron chi connectivity index (χ4n) is 2.23. The van der Waals surface area contributed by atoms with Crippen molar-refractivity contribution in [3.63, 3.8) is 0 Å². The van der Waals surface area contributed by atoms with E-state index in [1.165, 1.54) is 10.6 Å². The van der Waals surface area contributed by atoms with E-state index >= 15 is 0 Å². The molecule has 0 aliphatic carbocycles. The first-order valence-corrected chi connectivity index (χ1v) is 9.49. The third-order valence-corrected chi connectivity index (χ3v) is 4.64. The molecule has 0 aromatic carbocycles. The van der Waals surface area contributed by atoms with Gasteiger partial charge >= 0.3 is 0 Å². The summed E-state index contributed by atoms with van der Waals surface area (Å²) in [5.74, 6) is -0.132. The van der Waals surface area contributed by atoms with Gasteiger partial charge in [0.1, 0.15) is 0 Å². The Hall–Kier alpha value is -0.700.